The highest BCUT2D eigenvalue weighted by Crippen LogP contribution is 2.29. The molecule has 37 heavy (non-hydrogen) atoms. The van der Waals surface area contributed by atoms with Gasteiger partial charge in [0.05, 0.1) is 29.4 Å². The highest BCUT2D eigenvalue weighted by atomic mass is 32.2. The Kier molecular flexibility index (Phi) is 8.94. The number of aliphatic hydroxyl groups is 1. The summed E-state index contributed by atoms with van der Waals surface area (Å²) in [6, 6.07) is 19.2. The Morgan fingerprint density at radius 3 is 2.19 bits per heavy atom. The first-order chi connectivity index (χ1) is 17.4. The topological polar surface area (TPSA) is 94.0 Å². The normalized spacial score (nSPS) is 11.7. The molecule has 1 heterocycles. The van der Waals surface area contributed by atoms with Crippen LogP contribution in [0, 0.1) is 0 Å². The number of benzene rings is 2. The molecule has 0 aliphatic heterocycles. The van der Waals surface area contributed by atoms with Crippen molar-refractivity contribution < 1.29 is 18.3 Å². The number of anilines is 2. The summed E-state index contributed by atoms with van der Waals surface area (Å²) in [6.45, 7) is 5.72. The quantitative estimate of drug-likeness (QED) is 0.435. The highest BCUT2D eigenvalue weighted by molar-refractivity contribution is 7.92. The number of rotatable bonds is 10. The number of sulfonamides is 1. The first kappa shape index (κ1) is 28.1. The van der Waals surface area contributed by atoms with Crippen LogP contribution < -0.4 is 9.21 Å². The number of hydrogen-bond donors (Lipinski definition) is 1. The third-order valence-corrected chi connectivity index (χ3v) is 7.81. The van der Waals surface area contributed by atoms with E-state index in [9.17, 15) is 18.3 Å². The van der Waals surface area contributed by atoms with E-state index in [1.165, 1.54) is 4.90 Å². The molecule has 198 valence electrons. The van der Waals surface area contributed by atoms with Gasteiger partial charge in [-0.05, 0) is 53.4 Å². The summed E-state index contributed by atoms with van der Waals surface area (Å²) in [5, 5.41) is 9.59. The van der Waals surface area contributed by atoms with E-state index in [1.807, 2.05) is 43.3 Å². The second-order valence-electron chi connectivity index (χ2n) is 10.1. The van der Waals surface area contributed by atoms with Gasteiger partial charge in [0.1, 0.15) is 6.54 Å². The van der Waals surface area contributed by atoms with Gasteiger partial charge in [0.15, 0.2) is 0 Å². The minimum absolute atomic E-state index is 0.0569. The van der Waals surface area contributed by atoms with Gasteiger partial charge in [-0.25, -0.2) is 8.42 Å². The number of carbonyl (C=O) groups excluding carboxylic acids is 1. The summed E-state index contributed by atoms with van der Waals surface area (Å²) < 4.78 is 29.0. The van der Waals surface area contributed by atoms with Crippen molar-refractivity contribution in [3.8, 4) is 0 Å². The lowest BCUT2D eigenvalue weighted by atomic mass is 9.87. The highest BCUT2D eigenvalue weighted by Gasteiger charge is 2.30. The van der Waals surface area contributed by atoms with Gasteiger partial charge in [-0.3, -0.25) is 14.1 Å². The molecular formula is C28H36N4O4S. The lowest BCUT2D eigenvalue weighted by Gasteiger charge is -2.29. The summed E-state index contributed by atoms with van der Waals surface area (Å²) in [5.41, 5.74) is 2.70. The molecule has 0 aliphatic rings. The maximum absolute atomic E-state index is 13.9. The monoisotopic (exact) mass is 524 g/mol. The van der Waals surface area contributed by atoms with Gasteiger partial charge in [-0.1, -0.05) is 45.0 Å². The second kappa shape index (κ2) is 11.7. The molecule has 0 bridgehead atoms. The van der Waals surface area contributed by atoms with Crippen LogP contribution in [0.2, 0.25) is 0 Å². The number of amides is 1. The molecular weight excluding hydrogens is 488 g/mol. The number of pyridine rings is 1. The first-order valence-electron chi connectivity index (χ1n) is 12.1. The zero-order valence-electron chi connectivity index (χ0n) is 22.1. The van der Waals surface area contributed by atoms with Crippen LogP contribution in [0.15, 0.2) is 77.8 Å². The molecule has 1 aromatic heterocycles. The molecule has 0 spiro atoms. The molecule has 3 aromatic rings. The van der Waals surface area contributed by atoms with Gasteiger partial charge < -0.3 is 14.9 Å². The van der Waals surface area contributed by atoms with Crippen molar-refractivity contribution in [3.63, 3.8) is 0 Å². The van der Waals surface area contributed by atoms with Crippen LogP contribution in [0.4, 0.5) is 11.4 Å². The molecule has 0 fully saturated rings. The minimum atomic E-state index is -4.09. The third-order valence-electron chi connectivity index (χ3n) is 6.02. The molecule has 0 atom stereocenters. The lowest BCUT2D eigenvalue weighted by molar-refractivity contribution is -0.130. The van der Waals surface area contributed by atoms with Crippen molar-refractivity contribution in [2.24, 2.45) is 0 Å². The van der Waals surface area contributed by atoms with Crippen LogP contribution in [0.25, 0.3) is 0 Å². The standard InChI is InChI=1S/C28H36N4O4S/c1-28(2,3)22-12-14-26(15-13-22)37(35,36)32(25-11-8-10-24(19-25)30(4)5)21-27(34)31(17-18-33)20-23-9-6-7-16-29-23/h6-16,19,33H,17-18,20-21H2,1-5H3. The molecule has 0 radical (unpaired) electrons. The number of aliphatic hydroxyl groups excluding tert-OH is 1. The Morgan fingerprint density at radius 1 is 0.946 bits per heavy atom. The second-order valence-corrected chi connectivity index (χ2v) is 11.9. The summed E-state index contributed by atoms with van der Waals surface area (Å²) >= 11 is 0. The number of nitrogens with zero attached hydrogens (tertiary/aromatic N) is 4. The SMILES string of the molecule is CN(C)c1cccc(N(CC(=O)N(CCO)Cc2ccccn2)S(=O)(=O)c2ccc(C(C)(C)C)cc2)c1. The van der Waals surface area contributed by atoms with E-state index in [-0.39, 0.29) is 30.0 Å². The smallest absolute Gasteiger partial charge is 0.264 e. The van der Waals surface area contributed by atoms with Crippen molar-refractivity contribution >= 4 is 27.3 Å². The predicted molar refractivity (Wildman–Crippen MR) is 147 cm³/mol. The van der Waals surface area contributed by atoms with Crippen LogP contribution in [-0.2, 0) is 26.8 Å². The molecule has 0 saturated heterocycles. The van der Waals surface area contributed by atoms with E-state index < -0.39 is 22.5 Å². The van der Waals surface area contributed by atoms with Crippen molar-refractivity contribution in [3.05, 3.63) is 84.2 Å². The van der Waals surface area contributed by atoms with Gasteiger partial charge in [0, 0.05) is 32.5 Å². The van der Waals surface area contributed by atoms with Crippen molar-refractivity contribution in [1.29, 1.82) is 0 Å². The van der Waals surface area contributed by atoms with Crippen LogP contribution >= 0.6 is 0 Å². The molecule has 0 unspecified atom stereocenters. The van der Waals surface area contributed by atoms with Crippen molar-refractivity contribution in [1.82, 2.24) is 9.88 Å². The van der Waals surface area contributed by atoms with E-state index >= 15 is 0 Å². The summed E-state index contributed by atoms with van der Waals surface area (Å²) in [5.74, 6) is -0.440. The van der Waals surface area contributed by atoms with Crippen molar-refractivity contribution in [2.75, 3.05) is 43.0 Å². The maximum Gasteiger partial charge on any atom is 0.264 e. The van der Waals surface area contributed by atoms with Crippen LogP contribution in [0.5, 0.6) is 0 Å². The Morgan fingerprint density at radius 2 is 1.62 bits per heavy atom. The average Bonchev–Trinajstić information content (AvgIpc) is 2.87. The fraction of sp³-hybridized carbons (Fsp3) is 0.357. The zero-order chi connectivity index (χ0) is 27.2. The molecule has 1 N–H and O–H groups in total. The Balaban J connectivity index is 2.01. The van der Waals surface area contributed by atoms with E-state index in [2.05, 4.69) is 25.8 Å². The van der Waals surface area contributed by atoms with Crippen LogP contribution in [0.1, 0.15) is 32.0 Å². The van der Waals surface area contributed by atoms with E-state index in [0.717, 1.165) is 15.6 Å². The molecule has 3 rings (SSSR count). The van der Waals surface area contributed by atoms with Gasteiger partial charge in [-0.15, -0.1) is 0 Å². The van der Waals surface area contributed by atoms with E-state index in [0.29, 0.717) is 11.4 Å². The molecule has 9 heteroatoms. The summed E-state index contributed by atoms with van der Waals surface area (Å²) in [4.78, 5) is 21.1. The van der Waals surface area contributed by atoms with E-state index in [1.54, 1.807) is 48.7 Å². The largest absolute Gasteiger partial charge is 0.395 e. The lowest BCUT2D eigenvalue weighted by Crippen LogP contribution is -2.44. The summed E-state index contributed by atoms with van der Waals surface area (Å²) in [7, 11) is -0.356. The molecule has 2 aromatic carbocycles. The van der Waals surface area contributed by atoms with Gasteiger partial charge >= 0.3 is 0 Å². The Labute approximate surface area is 220 Å². The van der Waals surface area contributed by atoms with Crippen molar-refractivity contribution in [2.45, 2.75) is 37.6 Å². The van der Waals surface area contributed by atoms with Gasteiger partial charge in [0.25, 0.3) is 10.0 Å². The summed E-state index contributed by atoms with van der Waals surface area (Å²) in [6.07, 6.45) is 1.63. The average molecular weight is 525 g/mol. The Hall–Kier alpha value is -3.43. The van der Waals surface area contributed by atoms with E-state index in [4.69, 9.17) is 0 Å². The molecule has 0 aliphatic carbocycles. The molecule has 8 nitrogen and oxygen atoms in total. The molecule has 0 saturated carbocycles. The fourth-order valence-corrected chi connectivity index (χ4v) is 5.22. The van der Waals surface area contributed by atoms with Crippen LogP contribution in [-0.4, -0.2) is 63.1 Å². The number of carbonyl (C=O) groups is 1. The minimum Gasteiger partial charge on any atom is -0.395 e. The van der Waals surface area contributed by atoms with Crippen LogP contribution in [0.3, 0.4) is 0 Å². The molecule has 1 amide bonds. The van der Waals surface area contributed by atoms with Gasteiger partial charge in [-0.2, -0.15) is 0 Å². The predicted octanol–water partition coefficient (Wildman–Crippen LogP) is 3.66. The number of hydrogen-bond acceptors (Lipinski definition) is 6. The third kappa shape index (κ3) is 7.08. The maximum atomic E-state index is 13.9. The fourth-order valence-electron chi connectivity index (χ4n) is 3.82. The zero-order valence-corrected chi connectivity index (χ0v) is 22.9. The number of aromatic nitrogens is 1. The van der Waals surface area contributed by atoms with Gasteiger partial charge in [0.2, 0.25) is 5.91 Å². The Bertz CT molecular complexity index is 1290. The first-order valence-corrected chi connectivity index (χ1v) is 13.6.